The van der Waals surface area contributed by atoms with Crippen molar-refractivity contribution in [2.24, 2.45) is 5.41 Å². The van der Waals surface area contributed by atoms with E-state index in [0.717, 1.165) is 25.7 Å². The Balaban J connectivity index is 3.08. The molecule has 20 heavy (non-hydrogen) atoms. The Morgan fingerprint density at radius 2 is 1.70 bits per heavy atom. The van der Waals surface area contributed by atoms with Gasteiger partial charge in [-0.05, 0) is 31.7 Å². The zero-order valence-corrected chi connectivity index (χ0v) is 16.4. The number of hydrogen-bond acceptors (Lipinski definition) is 2. The summed E-state index contributed by atoms with van der Waals surface area (Å²) >= 11 is 0. The first-order valence-corrected chi connectivity index (χ1v) is 14.9. The molecule has 0 aromatic rings. The standard InChI is InChI=1S/C15H33NO2Si2/c1-8-15(14(17)18)11-9-10-13(12-15)16(19(2,3)4)20(5,6)7/h13H,8-12H2,1-7H3,(H,17,18). The van der Waals surface area contributed by atoms with Gasteiger partial charge in [-0.15, -0.1) is 0 Å². The minimum absolute atomic E-state index is 0.472. The van der Waals surface area contributed by atoms with E-state index in [1.807, 2.05) is 6.92 Å². The predicted molar refractivity (Wildman–Crippen MR) is 91.1 cm³/mol. The Morgan fingerprint density at radius 1 is 1.20 bits per heavy atom. The highest BCUT2D eigenvalue weighted by Gasteiger charge is 2.47. The van der Waals surface area contributed by atoms with Crippen LogP contribution in [0.2, 0.25) is 39.3 Å². The van der Waals surface area contributed by atoms with Crippen molar-refractivity contribution in [3.05, 3.63) is 0 Å². The van der Waals surface area contributed by atoms with Gasteiger partial charge in [-0.1, -0.05) is 52.6 Å². The summed E-state index contributed by atoms with van der Waals surface area (Å²) in [5, 5.41) is 9.70. The van der Waals surface area contributed by atoms with E-state index < -0.39 is 27.9 Å². The van der Waals surface area contributed by atoms with E-state index in [1.165, 1.54) is 6.42 Å². The summed E-state index contributed by atoms with van der Waals surface area (Å²) in [5.41, 5.74) is -0.472. The summed E-state index contributed by atoms with van der Waals surface area (Å²) in [7, 11) is -2.83. The molecule has 2 atom stereocenters. The van der Waals surface area contributed by atoms with Crippen LogP contribution in [0.4, 0.5) is 0 Å². The van der Waals surface area contributed by atoms with Gasteiger partial charge in [0.05, 0.1) is 5.41 Å². The van der Waals surface area contributed by atoms with Crippen molar-refractivity contribution in [1.82, 2.24) is 4.23 Å². The lowest BCUT2D eigenvalue weighted by atomic mass is 9.70. The fourth-order valence-electron chi connectivity index (χ4n) is 4.32. The van der Waals surface area contributed by atoms with Crippen LogP contribution in [0.3, 0.4) is 0 Å². The Bertz CT molecular complexity index is 346. The Morgan fingerprint density at radius 3 is 2.05 bits per heavy atom. The molecule has 1 N–H and O–H groups in total. The fourth-order valence-corrected chi connectivity index (χ4v) is 15.0. The molecule has 0 aliphatic heterocycles. The molecule has 0 amide bonds. The number of hydrogen-bond donors (Lipinski definition) is 1. The van der Waals surface area contributed by atoms with Crippen LogP contribution in [0.15, 0.2) is 0 Å². The van der Waals surface area contributed by atoms with Crippen molar-refractivity contribution < 1.29 is 9.90 Å². The molecule has 0 radical (unpaired) electrons. The molecule has 1 rings (SSSR count). The largest absolute Gasteiger partial charge is 0.481 e. The number of aliphatic carboxylic acids is 1. The average molecular weight is 316 g/mol. The molecule has 3 nitrogen and oxygen atoms in total. The van der Waals surface area contributed by atoms with Crippen LogP contribution in [0.5, 0.6) is 0 Å². The molecule has 0 aromatic carbocycles. The second-order valence-electron chi connectivity index (χ2n) is 8.40. The first-order valence-electron chi connectivity index (χ1n) is 7.97. The van der Waals surface area contributed by atoms with Gasteiger partial charge in [-0.3, -0.25) is 4.79 Å². The first-order chi connectivity index (χ1) is 8.94. The minimum atomic E-state index is -1.42. The minimum Gasteiger partial charge on any atom is -0.481 e. The third kappa shape index (κ3) is 3.74. The van der Waals surface area contributed by atoms with Crippen LogP contribution in [0, 0.1) is 5.41 Å². The van der Waals surface area contributed by atoms with Crippen molar-refractivity contribution in [3.8, 4) is 0 Å². The zero-order chi connectivity index (χ0) is 15.8. The van der Waals surface area contributed by atoms with Gasteiger partial charge >= 0.3 is 5.97 Å². The van der Waals surface area contributed by atoms with E-state index in [4.69, 9.17) is 0 Å². The quantitative estimate of drug-likeness (QED) is 0.765. The van der Waals surface area contributed by atoms with Gasteiger partial charge in [0.1, 0.15) is 16.5 Å². The summed E-state index contributed by atoms with van der Waals surface area (Å²) in [6.45, 7) is 16.5. The molecule has 0 saturated heterocycles. The van der Waals surface area contributed by atoms with Crippen molar-refractivity contribution >= 4 is 22.4 Å². The molecule has 0 bridgehead atoms. The van der Waals surface area contributed by atoms with E-state index in [2.05, 4.69) is 43.5 Å². The first kappa shape index (κ1) is 17.9. The van der Waals surface area contributed by atoms with Gasteiger partial charge in [-0.25, -0.2) is 0 Å². The maximum atomic E-state index is 11.8. The molecule has 118 valence electrons. The maximum Gasteiger partial charge on any atom is 0.309 e. The number of carboxylic acids is 1. The normalized spacial score (nSPS) is 28.7. The second kappa shape index (κ2) is 5.93. The smallest absolute Gasteiger partial charge is 0.309 e. The van der Waals surface area contributed by atoms with Crippen molar-refractivity contribution in [2.75, 3.05) is 0 Å². The number of nitrogens with zero attached hydrogens (tertiary/aromatic N) is 1. The molecular formula is C15H33NO2Si2. The topological polar surface area (TPSA) is 40.5 Å². The van der Waals surface area contributed by atoms with Gasteiger partial charge in [0.2, 0.25) is 0 Å². The molecule has 1 aliphatic carbocycles. The third-order valence-corrected chi connectivity index (χ3v) is 12.4. The number of carbonyl (C=O) groups is 1. The molecule has 5 heteroatoms. The van der Waals surface area contributed by atoms with Gasteiger partial charge < -0.3 is 9.34 Å². The molecule has 0 aromatic heterocycles. The summed E-state index contributed by atoms with van der Waals surface area (Å²) in [4.78, 5) is 11.8. The summed E-state index contributed by atoms with van der Waals surface area (Å²) in [6.07, 6.45) is 4.73. The summed E-state index contributed by atoms with van der Waals surface area (Å²) < 4.78 is 2.81. The van der Waals surface area contributed by atoms with Gasteiger partial charge in [0.25, 0.3) is 0 Å². The molecule has 0 heterocycles. The molecule has 0 spiro atoms. The van der Waals surface area contributed by atoms with Gasteiger partial charge in [0.15, 0.2) is 0 Å². The lowest BCUT2D eigenvalue weighted by molar-refractivity contribution is -0.152. The molecule has 1 fully saturated rings. The Hall–Kier alpha value is -0.136. The lowest BCUT2D eigenvalue weighted by Gasteiger charge is -2.52. The molecule has 2 unspecified atom stereocenters. The highest BCUT2D eigenvalue weighted by molar-refractivity contribution is 6.89. The molecule has 1 aliphatic rings. The lowest BCUT2D eigenvalue weighted by Crippen LogP contribution is -2.64. The van der Waals surface area contributed by atoms with E-state index in [9.17, 15) is 9.90 Å². The van der Waals surface area contributed by atoms with E-state index in [-0.39, 0.29) is 0 Å². The summed E-state index contributed by atoms with van der Waals surface area (Å²) in [5.74, 6) is -0.573. The maximum absolute atomic E-state index is 11.8. The number of rotatable bonds is 5. The highest BCUT2D eigenvalue weighted by Crippen LogP contribution is 2.43. The average Bonchev–Trinajstić information content (AvgIpc) is 2.24. The van der Waals surface area contributed by atoms with Crippen molar-refractivity contribution in [2.45, 2.75) is 84.4 Å². The van der Waals surface area contributed by atoms with Crippen molar-refractivity contribution in [1.29, 1.82) is 0 Å². The van der Waals surface area contributed by atoms with Crippen LogP contribution in [0.1, 0.15) is 39.0 Å². The fraction of sp³-hybridized carbons (Fsp3) is 0.933. The van der Waals surface area contributed by atoms with Gasteiger partial charge in [0, 0.05) is 0 Å². The summed E-state index contributed by atoms with van der Waals surface area (Å²) in [6, 6.07) is 0.484. The third-order valence-electron chi connectivity index (χ3n) is 4.76. The number of carboxylic acid groups (broad SMARTS) is 1. The van der Waals surface area contributed by atoms with E-state index in [0.29, 0.717) is 6.04 Å². The predicted octanol–water partition coefficient (Wildman–Crippen LogP) is 4.38. The second-order valence-corrected chi connectivity index (χ2v) is 18.5. The molecular weight excluding hydrogens is 282 g/mol. The van der Waals surface area contributed by atoms with Crippen LogP contribution in [-0.2, 0) is 4.79 Å². The Kier molecular flexibility index (Phi) is 5.31. The van der Waals surface area contributed by atoms with Crippen LogP contribution in [-0.4, -0.2) is 37.8 Å². The van der Waals surface area contributed by atoms with Crippen molar-refractivity contribution in [3.63, 3.8) is 0 Å². The van der Waals surface area contributed by atoms with Crippen LogP contribution >= 0.6 is 0 Å². The SMILES string of the molecule is CCC1(C(=O)O)CCCC(N([Si](C)(C)C)[Si](C)(C)C)C1. The molecule has 1 saturated carbocycles. The zero-order valence-electron chi connectivity index (χ0n) is 14.4. The van der Waals surface area contributed by atoms with E-state index >= 15 is 0 Å². The highest BCUT2D eigenvalue weighted by atomic mass is 28.4. The van der Waals surface area contributed by atoms with Crippen LogP contribution in [0.25, 0.3) is 0 Å². The van der Waals surface area contributed by atoms with Crippen LogP contribution < -0.4 is 0 Å². The van der Waals surface area contributed by atoms with E-state index in [1.54, 1.807) is 0 Å². The monoisotopic (exact) mass is 315 g/mol. The van der Waals surface area contributed by atoms with Gasteiger partial charge in [-0.2, -0.15) is 0 Å². The Labute approximate surface area is 126 Å².